The first-order valence-electron chi connectivity index (χ1n) is 9.58. The maximum Gasteiger partial charge on any atom is 0.227 e. The molecular weight excluding hydrogens is 318 g/mol. The Morgan fingerprint density at radius 3 is 2.92 bits per heavy atom. The van der Waals surface area contributed by atoms with E-state index in [2.05, 4.69) is 20.6 Å². The van der Waals surface area contributed by atoms with Crippen LogP contribution in [0.5, 0.6) is 0 Å². The summed E-state index contributed by atoms with van der Waals surface area (Å²) in [5, 5.41) is 11.4. The number of rotatable bonds is 3. The van der Waals surface area contributed by atoms with E-state index in [9.17, 15) is 4.79 Å². The summed E-state index contributed by atoms with van der Waals surface area (Å²) in [6.07, 6.45) is 5.38. The fourth-order valence-electron chi connectivity index (χ4n) is 4.36. The van der Waals surface area contributed by atoms with E-state index in [1.54, 1.807) is 0 Å². The van der Waals surface area contributed by atoms with Crippen molar-refractivity contribution in [1.29, 1.82) is 0 Å². The van der Waals surface area contributed by atoms with Gasteiger partial charge in [0.1, 0.15) is 5.69 Å². The normalized spacial score (nSPS) is 29.5. The zero-order valence-corrected chi connectivity index (χ0v) is 15.3. The number of carbonyl (C=O) groups is 1. The van der Waals surface area contributed by atoms with Crippen molar-refractivity contribution < 1.29 is 9.53 Å². The van der Waals surface area contributed by atoms with Gasteiger partial charge in [0.05, 0.1) is 18.4 Å². The second-order valence-electron chi connectivity index (χ2n) is 7.57. The van der Waals surface area contributed by atoms with Crippen LogP contribution in [-0.4, -0.2) is 54.1 Å². The van der Waals surface area contributed by atoms with Crippen molar-refractivity contribution in [2.75, 3.05) is 36.5 Å². The Balaban J connectivity index is 1.47. The molecule has 0 bridgehead atoms. The molecule has 0 radical (unpaired) electrons. The van der Waals surface area contributed by atoms with Gasteiger partial charge in [-0.2, -0.15) is 5.10 Å². The van der Waals surface area contributed by atoms with E-state index in [1.165, 1.54) is 12.8 Å². The summed E-state index contributed by atoms with van der Waals surface area (Å²) in [6.45, 7) is 5.74. The number of nitrogens with zero attached hydrogens (tertiary/aromatic N) is 3. The summed E-state index contributed by atoms with van der Waals surface area (Å²) in [7, 11) is 1.94. The summed E-state index contributed by atoms with van der Waals surface area (Å²) in [4.78, 5) is 15.2. The highest BCUT2D eigenvalue weighted by Gasteiger charge is 2.36. The lowest BCUT2D eigenvalue weighted by molar-refractivity contribution is -0.123. The van der Waals surface area contributed by atoms with Gasteiger partial charge in [0.15, 0.2) is 5.82 Å². The second kappa shape index (κ2) is 6.96. The molecule has 1 aliphatic carbocycles. The van der Waals surface area contributed by atoms with Crippen molar-refractivity contribution in [3.05, 3.63) is 5.69 Å². The number of aryl methyl sites for hydroxylation is 1. The van der Waals surface area contributed by atoms with E-state index in [-0.39, 0.29) is 17.9 Å². The Morgan fingerprint density at radius 2 is 2.12 bits per heavy atom. The first-order valence-corrected chi connectivity index (χ1v) is 9.58. The highest BCUT2D eigenvalue weighted by Crippen LogP contribution is 2.33. The van der Waals surface area contributed by atoms with E-state index in [1.807, 2.05) is 18.7 Å². The third-order valence-corrected chi connectivity index (χ3v) is 5.97. The molecule has 3 fully saturated rings. The third-order valence-electron chi connectivity index (χ3n) is 5.97. The minimum absolute atomic E-state index is 0.0430. The Morgan fingerprint density at radius 1 is 1.32 bits per heavy atom. The molecule has 0 spiro atoms. The summed E-state index contributed by atoms with van der Waals surface area (Å²) in [5.41, 5.74) is 1.91. The minimum atomic E-state index is 0.0430. The van der Waals surface area contributed by atoms with Gasteiger partial charge in [0.2, 0.25) is 5.91 Å². The number of amides is 1. The predicted molar refractivity (Wildman–Crippen MR) is 96.9 cm³/mol. The Hall–Kier alpha value is -1.60. The highest BCUT2D eigenvalue weighted by atomic mass is 16.5. The molecule has 1 aromatic heterocycles. The van der Waals surface area contributed by atoms with Crippen LogP contribution in [0.25, 0.3) is 0 Å². The Labute approximate surface area is 149 Å². The lowest BCUT2D eigenvalue weighted by atomic mass is 9.82. The quantitative estimate of drug-likeness (QED) is 0.865. The smallest absolute Gasteiger partial charge is 0.227 e. The first kappa shape index (κ1) is 16.8. The predicted octanol–water partition coefficient (Wildman–Crippen LogP) is 1.42. The van der Waals surface area contributed by atoms with Crippen LogP contribution in [0.15, 0.2) is 0 Å². The SMILES string of the molecule is Cc1c(NC(=O)[C@H]2CC[C@H]3OCCN[C@@H]3C2)c(N2CCCC2)nn1C. The van der Waals surface area contributed by atoms with E-state index in [0.29, 0.717) is 6.04 Å². The molecule has 138 valence electrons. The lowest BCUT2D eigenvalue weighted by Crippen LogP contribution is -2.52. The standard InChI is InChI=1S/C18H29N5O2/c1-12-16(17(21-22(12)2)23-8-3-4-9-23)20-18(24)13-5-6-15-14(11-13)19-7-10-25-15/h13-15,19H,3-11H2,1-2H3,(H,20,24)/t13-,14+,15+/m0/s1. The van der Waals surface area contributed by atoms with Crippen LogP contribution in [0.2, 0.25) is 0 Å². The average molecular weight is 347 g/mol. The Kier molecular flexibility index (Phi) is 4.69. The fourth-order valence-corrected chi connectivity index (χ4v) is 4.36. The van der Waals surface area contributed by atoms with Gasteiger partial charge in [-0.05, 0) is 39.0 Å². The van der Waals surface area contributed by atoms with Crippen molar-refractivity contribution >= 4 is 17.4 Å². The number of nitrogens with one attached hydrogen (secondary N) is 2. The van der Waals surface area contributed by atoms with Gasteiger partial charge < -0.3 is 20.3 Å². The van der Waals surface area contributed by atoms with Gasteiger partial charge >= 0.3 is 0 Å². The maximum absolute atomic E-state index is 12.9. The molecule has 3 atom stereocenters. The molecular formula is C18H29N5O2. The lowest BCUT2D eigenvalue weighted by Gasteiger charge is -2.39. The molecule has 3 aliphatic rings. The molecule has 1 aromatic rings. The second-order valence-corrected chi connectivity index (χ2v) is 7.57. The highest BCUT2D eigenvalue weighted by molar-refractivity contribution is 5.96. The fraction of sp³-hybridized carbons (Fsp3) is 0.778. The molecule has 0 unspecified atom stereocenters. The summed E-state index contributed by atoms with van der Waals surface area (Å²) in [6, 6.07) is 0.311. The number of hydrogen-bond donors (Lipinski definition) is 2. The summed E-state index contributed by atoms with van der Waals surface area (Å²) < 4.78 is 7.69. The molecule has 7 nitrogen and oxygen atoms in total. The van der Waals surface area contributed by atoms with Gasteiger partial charge in [-0.1, -0.05) is 0 Å². The van der Waals surface area contributed by atoms with Crippen LogP contribution in [0, 0.1) is 12.8 Å². The molecule has 1 amide bonds. The topological polar surface area (TPSA) is 71.4 Å². The number of hydrogen-bond acceptors (Lipinski definition) is 5. The Bertz CT molecular complexity index is 638. The van der Waals surface area contributed by atoms with Crippen LogP contribution in [0.1, 0.15) is 37.8 Å². The van der Waals surface area contributed by atoms with Gasteiger partial charge in [0, 0.05) is 38.6 Å². The summed E-state index contributed by atoms with van der Waals surface area (Å²) in [5.74, 6) is 1.10. The number of fused-ring (bicyclic) bond motifs is 1. The molecule has 2 saturated heterocycles. The number of aromatic nitrogens is 2. The monoisotopic (exact) mass is 347 g/mol. The number of ether oxygens (including phenoxy) is 1. The zero-order chi connectivity index (χ0) is 17.4. The van der Waals surface area contributed by atoms with Gasteiger partial charge in [0.25, 0.3) is 0 Å². The van der Waals surface area contributed by atoms with Crippen molar-refractivity contribution in [1.82, 2.24) is 15.1 Å². The van der Waals surface area contributed by atoms with Crippen molar-refractivity contribution in [3.63, 3.8) is 0 Å². The van der Waals surface area contributed by atoms with Crippen LogP contribution in [-0.2, 0) is 16.6 Å². The van der Waals surface area contributed by atoms with Crippen molar-refractivity contribution in [2.24, 2.45) is 13.0 Å². The molecule has 4 rings (SSSR count). The molecule has 2 N–H and O–H groups in total. The van der Waals surface area contributed by atoms with Gasteiger partial charge in [-0.25, -0.2) is 0 Å². The average Bonchev–Trinajstić information content (AvgIpc) is 3.25. The molecule has 2 aliphatic heterocycles. The van der Waals surface area contributed by atoms with Crippen LogP contribution >= 0.6 is 0 Å². The minimum Gasteiger partial charge on any atom is -0.375 e. The van der Waals surface area contributed by atoms with Gasteiger partial charge in [-0.3, -0.25) is 9.48 Å². The maximum atomic E-state index is 12.9. The molecule has 25 heavy (non-hydrogen) atoms. The molecule has 3 heterocycles. The summed E-state index contributed by atoms with van der Waals surface area (Å²) >= 11 is 0. The van der Waals surface area contributed by atoms with Crippen molar-refractivity contribution in [3.8, 4) is 0 Å². The molecule has 0 aromatic carbocycles. The number of anilines is 2. The number of morpholine rings is 1. The third kappa shape index (κ3) is 3.27. The van der Waals surface area contributed by atoms with E-state index < -0.39 is 0 Å². The van der Waals surface area contributed by atoms with Crippen LogP contribution in [0.3, 0.4) is 0 Å². The number of carbonyl (C=O) groups excluding carboxylic acids is 1. The van der Waals surface area contributed by atoms with E-state index >= 15 is 0 Å². The van der Waals surface area contributed by atoms with Crippen LogP contribution in [0.4, 0.5) is 11.5 Å². The van der Waals surface area contributed by atoms with Gasteiger partial charge in [-0.15, -0.1) is 0 Å². The first-order chi connectivity index (χ1) is 12.1. The molecule has 1 saturated carbocycles. The molecule has 7 heteroatoms. The van der Waals surface area contributed by atoms with Crippen molar-refractivity contribution in [2.45, 2.75) is 51.2 Å². The largest absolute Gasteiger partial charge is 0.375 e. The van der Waals surface area contributed by atoms with E-state index in [0.717, 1.165) is 62.7 Å². The van der Waals surface area contributed by atoms with E-state index in [4.69, 9.17) is 4.74 Å². The zero-order valence-electron chi connectivity index (χ0n) is 15.3. The van der Waals surface area contributed by atoms with Crippen LogP contribution < -0.4 is 15.5 Å².